The number of hydrogen-bond donors (Lipinski definition) is 1. The van der Waals surface area contributed by atoms with Crippen LogP contribution in [-0.4, -0.2) is 62.7 Å². The highest BCUT2D eigenvalue weighted by Crippen LogP contribution is 2.18. The first kappa shape index (κ1) is 11.4. The van der Waals surface area contributed by atoms with E-state index in [0.29, 0.717) is 0 Å². The van der Waals surface area contributed by atoms with Crippen molar-refractivity contribution in [1.29, 1.82) is 0 Å². The van der Waals surface area contributed by atoms with E-state index in [4.69, 9.17) is 0 Å². The molecule has 0 aromatic carbocycles. The van der Waals surface area contributed by atoms with Crippen LogP contribution in [0, 0.1) is 5.92 Å². The minimum atomic E-state index is 0.857. The Morgan fingerprint density at radius 3 is 2.73 bits per heavy atom. The molecule has 0 amide bonds. The van der Waals surface area contributed by atoms with Crippen LogP contribution < -0.4 is 5.32 Å². The van der Waals surface area contributed by atoms with Crippen molar-refractivity contribution in [2.45, 2.75) is 25.3 Å². The van der Waals surface area contributed by atoms with Crippen molar-refractivity contribution in [2.24, 2.45) is 5.92 Å². The fourth-order valence-electron chi connectivity index (χ4n) is 2.45. The van der Waals surface area contributed by atoms with Gasteiger partial charge in [-0.05, 0) is 45.8 Å². The van der Waals surface area contributed by atoms with E-state index in [-0.39, 0.29) is 0 Å². The van der Waals surface area contributed by atoms with Gasteiger partial charge < -0.3 is 15.1 Å². The van der Waals surface area contributed by atoms with Gasteiger partial charge in [-0.1, -0.05) is 0 Å². The monoisotopic (exact) mass is 211 g/mol. The van der Waals surface area contributed by atoms with Gasteiger partial charge in [0.05, 0.1) is 0 Å². The smallest absolute Gasteiger partial charge is 0.0104 e. The van der Waals surface area contributed by atoms with Crippen LogP contribution in [0.4, 0.5) is 0 Å². The summed E-state index contributed by atoms with van der Waals surface area (Å²) in [4.78, 5) is 4.93. The summed E-state index contributed by atoms with van der Waals surface area (Å²) in [6.45, 7) is 6.23. The average molecular weight is 211 g/mol. The zero-order chi connectivity index (χ0) is 10.7. The normalized spacial score (nSPS) is 27.8. The fourth-order valence-corrected chi connectivity index (χ4v) is 2.45. The van der Waals surface area contributed by atoms with Crippen LogP contribution in [0.15, 0.2) is 0 Å². The lowest BCUT2D eigenvalue weighted by Crippen LogP contribution is -2.34. The maximum Gasteiger partial charge on any atom is 0.0104 e. The van der Waals surface area contributed by atoms with E-state index in [9.17, 15) is 0 Å². The Labute approximate surface area is 93.8 Å². The maximum atomic E-state index is 3.57. The molecule has 1 saturated heterocycles. The molecule has 0 spiro atoms. The molecular weight excluding hydrogens is 186 g/mol. The molecule has 88 valence electrons. The first-order valence-corrected chi connectivity index (χ1v) is 6.34. The van der Waals surface area contributed by atoms with Crippen LogP contribution in [0.5, 0.6) is 0 Å². The minimum Gasteiger partial charge on any atom is -0.313 e. The zero-order valence-electron chi connectivity index (χ0n) is 10.2. The SMILES string of the molecule is CN(CCNC1CC1)CC1CCN(C)C1. The van der Waals surface area contributed by atoms with Gasteiger partial charge in [0.1, 0.15) is 0 Å². The molecule has 2 rings (SSSR count). The number of nitrogens with zero attached hydrogens (tertiary/aromatic N) is 2. The van der Waals surface area contributed by atoms with Gasteiger partial charge in [-0.15, -0.1) is 0 Å². The Bertz CT molecular complexity index is 191. The Balaban J connectivity index is 1.53. The van der Waals surface area contributed by atoms with Crippen molar-refractivity contribution in [3.8, 4) is 0 Å². The van der Waals surface area contributed by atoms with E-state index in [1.165, 1.54) is 52.0 Å². The molecule has 3 heteroatoms. The number of likely N-dealkylation sites (N-methyl/N-ethyl adjacent to an activating group) is 1. The molecule has 1 aliphatic heterocycles. The lowest BCUT2D eigenvalue weighted by atomic mass is 10.1. The molecule has 15 heavy (non-hydrogen) atoms. The summed E-state index contributed by atoms with van der Waals surface area (Å²) >= 11 is 0. The summed E-state index contributed by atoms with van der Waals surface area (Å²) in [7, 11) is 4.49. The molecule has 0 bridgehead atoms. The molecule has 0 aromatic heterocycles. The fraction of sp³-hybridized carbons (Fsp3) is 1.00. The third-order valence-electron chi connectivity index (χ3n) is 3.56. The largest absolute Gasteiger partial charge is 0.313 e. The van der Waals surface area contributed by atoms with E-state index < -0.39 is 0 Å². The summed E-state index contributed by atoms with van der Waals surface area (Å²) < 4.78 is 0. The highest BCUT2D eigenvalue weighted by molar-refractivity contribution is 4.81. The van der Waals surface area contributed by atoms with E-state index in [1.807, 2.05) is 0 Å². The Morgan fingerprint density at radius 1 is 1.33 bits per heavy atom. The lowest BCUT2D eigenvalue weighted by molar-refractivity contribution is 0.273. The van der Waals surface area contributed by atoms with Crippen LogP contribution in [-0.2, 0) is 0 Å². The summed E-state index contributed by atoms with van der Waals surface area (Å²) in [6.07, 6.45) is 4.19. The van der Waals surface area contributed by atoms with Crippen molar-refractivity contribution < 1.29 is 0 Å². The molecule has 1 atom stereocenters. The van der Waals surface area contributed by atoms with Gasteiger partial charge in [0.15, 0.2) is 0 Å². The Kier molecular flexibility index (Phi) is 4.00. The molecule has 1 aliphatic carbocycles. The van der Waals surface area contributed by atoms with Gasteiger partial charge in [0.25, 0.3) is 0 Å². The zero-order valence-corrected chi connectivity index (χ0v) is 10.2. The van der Waals surface area contributed by atoms with Gasteiger partial charge in [0.2, 0.25) is 0 Å². The number of hydrogen-bond acceptors (Lipinski definition) is 3. The highest BCUT2D eigenvalue weighted by Gasteiger charge is 2.22. The molecule has 1 N–H and O–H groups in total. The second kappa shape index (κ2) is 5.28. The molecule has 3 nitrogen and oxygen atoms in total. The second-order valence-corrected chi connectivity index (χ2v) is 5.41. The van der Waals surface area contributed by atoms with E-state index in [0.717, 1.165) is 12.0 Å². The van der Waals surface area contributed by atoms with Crippen molar-refractivity contribution in [3.05, 3.63) is 0 Å². The standard InChI is InChI=1S/C12H25N3/c1-14-7-5-11(9-14)10-15(2)8-6-13-12-3-4-12/h11-13H,3-10H2,1-2H3. The van der Waals surface area contributed by atoms with Crippen LogP contribution in [0.3, 0.4) is 0 Å². The quantitative estimate of drug-likeness (QED) is 0.695. The molecule has 2 fully saturated rings. The second-order valence-electron chi connectivity index (χ2n) is 5.41. The Morgan fingerprint density at radius 2 is 2.13 bits per heavy atom. The molecular formula is C12H25N3. The van der Waals surface area contributed by atoms with Crippen LogP contribution in [0.25, 0.3) is 0 Å². The maximum absolute atomic E-state index is 3.57. The van der Waals surface area contributed by atoms with E-state index in [1.54, 1.807) is 0 Å². The number of rotatable bonds is 6. The summed E-state index contributed by atoms with van der Waals surface area (Å²) in [5.41, 5.74) is 0. The van der Waals surface area contributed by atoms with Crippen LogP contribution in [0.2, 0.25) is 0 Å². The topological polar surface area (TPSA) is 18.5 Å². The van der Waals surface area contributed by atoms with Crippen LogP contribution in [0.1, 0.15) is 19.3 Å². The number of likely N-dealkylation sites (tertiary alicyclic amines) is 1. The van der Waals surface area contributed by atoms with Crippen LogP contribution >= 0.6 is 0 Å². The van der Waals surface area contributed by atoms with E-state index >= 15 is 0 Å². The predicted octanol–water partition coefficient (Wildman–Crippen LogP) is 0.622. The highest BCUT2D eigenvalue weighted by atomic mass is 15.2. The summed E-state index contributed by atoms with van der Waals surface area (Å²) in [5, 5.41) is 3.57. The minimum absolute atomic E-state index is 0.857. The summed E-state index contributed by atoms with van der Waals surface area (Å²) in [5.74, 6) is 0.904. The van der Waals surface area contributed by atoms with Gasteiger partial charge in [0, 0.05) is 32.2 Å². The molecule has 0 aromatic rings. The average Bonchev–Trinajstić information content (AvgIpc) is 2.91. The van der Waals surface area contributed by atoms with Gasteiger partial charge in [-0.3, -0.25) is 0 Å². The van der Waals surface area contributed by atoms with Crippen molar-refractivity contribution in [3.63, 3.8) is 0 Å². The third-order valence-corrected chi connectivity index (χ3v) is 3.56. The van der Waals surface area contributed by atoms with Gasteiger partial charge in [-0.25, -0.2) is 0 Å². The van der Waals surface area contributed by atoms with Crippen molar-refractivity contribution in [1.82, 2.24) is 15.1 Å². The predicted molar refractivity (Wildman–Crippen MR) is 64.1 cm³/mol. The third kappa shape index (κ3) is 4.09. The van der Waals surface area contributed by atoms with Crippen molar-refractivity contribution in [2.75, 3.05) is 46.8 Å². The summed E-state index contributed by atoms with van der Waals surface area (Å²) in [6, 6.07) is 0.857. The molecule has 0 radical (unpaired) electrons. The van der Waals surface area contributed by atoms with Crippen molar-refractivity contribution >= 4 is 0 Å². The van der Waals surface area contributed by atoms with Gasteiger partial charge >= 0.3 is 0 Å². The van der Waals surface area contributed by atoms with Gasteiger partial charge in [-0.2, -0.15) is 0 Å². The molecule has 2 aliphatic rings. The lowest BCUT2D eigenvalue weighted by Gasteiger charge is -2.20. The molecule has 1 heterocycles. The first-order chi connectivity index (χ1) is 7.24. The molecule has 1 unspecified atom stereocenters. The Hall–Kier alpha value is -0.120. The first-order valence-electron chi connectivity index (χ1n) is 6.34. The molecule has 1 saturated carbocycles. The number of nitrogens with one attached hydrogen (secondary N) is 1. The van der Waals surface area contributed by atoms with E-state index in [2.05, 4.69) is 29.2 Å².